The molecule has 0 heterocycles. The summed E-state index contributed by atoms with van der Waals surface area (Å²) in [6.45, 7) is -0.0442. The number of aliphatic hydroxyl groups is 1. The maximum atomic E-state index is 9.82. The molecule has 3 N–H and O–H groups in total. The summed E-state index contributed by atoms with van der Waals surface area (Å²) in [6.07, 6.45) is -2.00. The second-order valence-corrected chi connectivity index (χ2v) is 1.91. The minimum atomic E-state index is -1.70. The molecule has 0 aromatic rings. The molecule has 1 unspecified atom stereocenters. The van der Waals surface area contributed by atoms with Crippen molar-refractivity contribution >= 4 is 11.9 Å². The lowest BCUT2D eigenvalue weighted by atomic mass is 10.4. The van der Waals surface area contributed by atoms with E-state index in [0.717, 1.165) is 5.32 Å². The molecule has 0 bridgehead atoms. The molecule has 0 rings (SSSR count). The van der Waals surface area contributed by atoms with Crippen molar-refractivity contribution in [3.63, 3.8) is 0 Å². The highest BCUT2D eigenvalue weighted by atomic mass is 16.4. The van der Waals surface area contributed by atoms with Crippen LogP contribution in [0.2, 0.25) is 0 Å². The molecule has 0 spiro atoms. The van der Waals surface area contributed by atoms with Gasteiger partial charge in [-0.3, -0.25) is 0 Å². The van der Waals surface area contributed by atoms with Crippen molar-refractivity contribution in [2.45, 2.75) is 12.6 Å². The van der Waals surface area contributed by atoms with Crippen molar-refractivity contribution in [1.29, 1.82) is 0 Å². The number of aliphatic carboxylic acids is 2. The van der Waals surface area contributed by atoms with Gasteiger partial charge in [-0.25, -0.2) is 0 Å². The Balaban J connectivity index is 3.39. The number of carboxylic acids is 2. The molecular weight excluding hydrogens is 154 g/mol. The summed E-state index contributed by atoms with van der Waals surface area (Å²) in [7, 11) is 0. The summed E-state index contributed by atoms with van der Waals surface area (Å²) < 4.78 is 0. The van der Waals surface area contributed by atoms with Crippen LogP contribution in [-0.2, 0) is 9.59 Å². The highest BCUT2D eigenvalue weighted by molar-refractivity contribution is 5.67. The fraction of sp³-hybridized carbons (Fsp3) is 0.600. The van der Waals surface area contributed by atoms with E-state index in [1.54, 1.807) is 0 Å². The molecule has 0 aromatic heterocycles. The first-order chi connectivity index (χ1) is 5.04. The van der Waals surface area contributed by atoms with Gasteiger partial charge in [0.1, 0.15) is 5.97 Å². The van der Waals surface area contributed by atoms with Crippen LogP contribution in [0.4, 0.5) is 0 Å². The normalized spacial score (nSPS) is 12.5. The zero-order valence-electron chi connectivity index (χ0n) is 5.65. The number of nitrogens with two attached hydrogens (primary N) is 1. The first-order valence-corrected chi connectivity index (χ1v) is 2.96. The first kappa shape index (κ1) is 9.86. The zero-order chi connectivity index (χ0) is 8.85. The Bertz CT molecular complexity index is 157. The smallest absolute Gasteiger partial charge is 0.229 e. The largest absolute Gasteiger partial charge is 0.550 e. The lowest BCUT2D eigenvalue weighted by Gasteiger charge is -2.09. The average molecular weight is 162 g/mol. The molecule has 11 heavy (non-hydrogen) atoms. The van der Waals surface area contributed by atoms with Crippen molar-refractivity contribution in [3.8, 4) is 0 Å². The topological polar surface area (TPSA) is 117 Å². The minimum Gasteiger partial charge on any atom is -0.550 e. The molecule has 0 saturated carbocycles. The van der Waals surface area contributed by atoms with Crippen LogP contribution in [0.25, 0.3) is 0 Å². The quantitative estimate of drug-likeness (QED) is 0.392. The maximum Gasteiger partial charge on any atom is 0.229 e. The SMILES string of the molecule is O=C([O-])CC[NH2+]C(O)C(=O)[O-]. The number of hydrogen-bond acceptors (Lipinski definition) is 5. The summed E-state index contributed by atoms with van der Waals surface area (Å²) in [5, 5.41) is 29.0. The Morgan fingerprint density at radius 3 is 2.36 bits per heavy atom. The van der Waals surface area contributed by atoms with Gasteiger partial charge in [-0.2, -0.15) is 0 Å². The van der Waals surface area contributed by atoms with Crippen LogP contribution in [0.5, 0.6) is 0 Å². The van der Waals surface area contributed by atoms with Gasteiger partial charge in [0, 0.05) is 12.4 Å². The van der Waals surface area contributed by atoms with Gasteiger partial charge in [0.25, 0.3) is 0 Å². The summed E-state index contributed by atoms with van der Waals surface area (Å²) >= 11 is 0. The monoisotopic (exact) mass is 162 g/mol. The molecule has 6 heteroatoms. The van der Waals surface area contributed by atoms with E-state index in [4.69, 9.17) is 5.11 Å². The highest BCUT2D eigenvalue weighted by Crippen LogP contribution is 1.66. The molecule has 0 amide bonds. The molecule has 0 fully saturated rings. The first-order valence-electron chi connectivity index (χ1n) is 2.96. The van der Waals surface area contributed by atoms with E-state index < -0.39 is 18.2 Å². The molecule has 0 saturated heterocycles. The van der Waals surface area contributed by atoms with Gasteiger partial charge in [0.2, 0.25) is 6.23 Å². The van der Waals surface area contributed by atoms with Gasteiger partial charge >= 0.3 is 0 Å². The van der Waals surface area contributed by atoms with Crippen LogP contribution >= 0.6 is 0 Å². The lowest BCUT2D eigenvalue weighted by Crippen LogP contribution is -2.93. The summed E-state index contributed by atoms with van der Waals surface area (Å²) in [5.74, 6) is -2.92. The molecular formula is C5H8NO5-. The van der Waals surface area contributed by atoms with E-state index in [1.165, 1.54) is 0 Å². The van der Waals surface area contributed by atoms with Gasteiger partial charge in [0.05, 0.1) is 6.54 Å². The number of hydrogen-bond donors (Lipinski definition) is 2. The molecule has 0 aliphatic heterocycles. The van der Waals surface area contributed by atoms with Crippen molar-refractivity contribution in [1.82, 2.24) is 0 Å². The van der Waals surface area contributed by atoms with Gasteiger partial charge in [-0.15, -0.1) is 0 Å². The van der Waals surface area contributed by atoms with E-state index in [1.807, 2.05) is 0 Å². The van der Waals surface area contributed by atoms with Crippen LogP contribution < -0.4 is 15.5 Å². The van der Waals surface area contributed by atoms with E-state index >= 15 is 0 Å². The van der Waals surface area contributed by atoms with Crippen LogP contribution in [-0.4, -0.2) is 29.8 Å². The highest BCUT2D eigenvalue weighted by Gasteiger charge is 2.05. The predicted molar refractivity (Wildman–Crippen MR) is 27.4 cm³/mol. The second-order valence-electron chi connectivity index (χ2n) is 1.91. The van der Waals surface area contributed by atoms with Crippen molar-refractivity contribution in [3.05, 3.63) is 0 Å². The summed E-state index contributed by atoms with van der Waals surface area (Å²) in [5.41, 5.74) is 0. The fourth-order valence-corrected chi connectivity index (χ4v) is 0.455. The molecule has 64 valence electrons. The van der Waals surface area contributed by atoms with E-state index in [-0.39, 0.29) is 13.0 Å². The third kappa shape index (κ3) is 5.31. The average Bonchev–Trinajstić information content (AvgIpc) is 1.86. The Morgan fingerprint density at radius 2 is 2.00 bits per heavy atom. The number of quaternary nitrogens is 1. The summed E-state index contributed by atoms with van der Waals surface area (Å²) in [6, 6.07) is 0. The number of carboxylic acid groups (broad SMARTS) is 2. The van der Waals surface area contributed by atoms with Crippen molar-refractivity contribution < 1.29 is 30.2 Å². The van der Waals surface area contributed by atoms with Crippen LogP contribution in [0.3, 0.4) is 0 Å². The molecule has 1 atom stereocenters. The third-order valence-electron chi connectivity index (χ3n) is 0.980. The maximum absolute atomic E-state index is 9.82. The van der Waals surface area contributed by atoms with Crippen molar-refractivity contribution in [2.24, 2.45) is 0 Å². The van der Waals surface area contributed by atoms with E-state index in [9.17, 15) is 19.8 Å². The lowest BCUT2D eigenvalue weighted by molar-refractivity contribution is -0.716. The van der Waals surface area contributed by atoms with Crippen LogP contribution in [0, 0.1) is 0 Å². The van der Waals surface area contributed by atoms with Gasteiger partial charge in [-0.05, 0) is 0 Å². The number of carbonyl (C=O) groups is 2. The Kier molecular flexibility index (Phi) is 4.16. The van der Waals surface area contributed by atoms with Crippen LogP contribution in [0.15, 0.2) is 0 Å². The second kappa shape index (κ2) is 4.64. The molecule has 0 aliphatic rings. The van der Waals surface area contributed by atoms with Gasteiger partial charge in [-0.1, -0.05) is 0 Å². The number of carbonyl (C=O) groups excluding carboxylic acids is 2. The molecule has 0 aromatic carbocycles. The van der Waals surface area contributed by atoms with Crippen LogP contribution in [0.1, 0.15) is 6.42 Å². The zero-order valence-corrected chi connectivity index (χ0v) is 5.65. The molecule has 0 radical (unpaired) electrons. The number of rotatable bonds is 5. The third-order valence-corrected chi connectivity index (χ3v) is 0.980. The summed E-state index contributed by atoms with van der Waals surface area (Å²) in [4.78, 5) is 19.6. The van der Waals surface area contributed by atoms with E-state index in [0.29, 0.717) is 0 Å². The molecule has 6 nitrogen and oxygen atoms in total. The van der Waals surface area contributed by atoms with Crippen molar-refractivity contribution in [2.75, 3.05) is 6.54 Å². The minimum absolute atomic E-state index is 0.0442. The molecule has 0 aliphatic carbocycles. The predicted octanol–water partition coefficient (Wildman–Crippen LogP) is -5.24. The fourth-order valence-electron chi connectivity index (χ4n) is 0.455. The Morgan fingerprint density at radius 1 is 1.45 bits per heavy atom. The van der Waals surface area contributed by atoms with Gasteiger partial charge in [0.15, 0.2) is 0 Å². The number of aliphatic hydroxyl groups excluding tert-OH is 1. The van der Waals surface area contributed by atoms with Gasteiger partial charge < -0.3 is 30.2 Å². The Hall–Kier alpha value is -1.14. The standard InChI is InChI=1S/C5H9NO5/c7-3(8)1-2-6-4(9)5(10)11/h4,6,9H,1-2H2,(H,7,8)(H,10,11)/p-1. The van der Waals surface area contributed by atoms with E-state index in [2.05, 4.69) is 0 Å². The Labute approximate surface area is 62.5 Å².